The smallest absolute Gasteiger partial charge is 0.146 e. The molecule has 0 aromatic heterocycles. The van der Waals surface area contributed by atoms with Crippen LogP contribution >= 0.6 is 0 Å². The highest BCUT2D eigenvalue weighted by Gasteiger charge is 2.05. The first-order valence-electron chi connectivity index (χ1n) is 7.11. The van der Waals surface area contributed by atoms with Crippen LogP contribution in [0.15, 0.2) is 54.6 Å². The number of aryl methyl sites for hydroxylation is 2. The van der Waals surface area contributed by atoms with Crippen molar-refractivity contribution in [1.82, 2.24) is 0 Å². The van der Waals surface area contributed by atoms with Crippen molar-refractivity contribution in [2.24, 2.45) is 0 Å². The van der Waals surface area contributed by atoms with Crippen LogP contribution in [0.5, 0.6) is 0 Å². The van der Waals surface area contributed by atoms with Gasteiger partial charge in [-0.15, -0.1) is 0 Å². The summed E-state index contributed by atoms with van der Waals surface area (Å²) < 4.78 is 10.3. The lowest BCUT2D eigenvalue weighted by atomic mass is 9.95. The van der Waals surface area contributed by atoms with E-state index in [9.17, 15) is 0 Å². The van der Waals surface area contributed by atoms with Crippen molar-refractivity contribution < 1.29 is 9.47 Å². The van der Waals surface area contributed by atoms with E-state index in [2.05, 4.69) is 68.5 Å². The van der Waals surface area contributed by atoms with Crippen LogP contribution in [0.3, 0.4) is 0 Å². The Labute approximate surface area is 127 Å². The van der Waals surface area contributed by atoms with Gasteiger partial charge in [0, 0.05) is 7.11 Å². The van der Waals surface area contributed by atoms with Gasteiger partial charge >= 0.3 is 0 Å². The monoisotopic (exact) mass is 282 g/mol. The van der Waals surface area contributed by atoms with Crippen molar-refractivity contribution >= 4 is 5.57 Å². The summed E-state index contributed by atoms with van der Waals surface area (Å²) in [5.41, 5.74) is 6.12. The second-order valence-electron chi connectivity index (χ2n) is 5.13. The van der Waals surface area contributed by atoms with E-state index in [0.29, 0.717) is 13.4 Å². The SMILES string of the molecule is COCOCC=C(c1cccc(C)c1)c1cccc(C)c1. The van der Waals surface area contributed by atoms with E-state index in [1.807, 2.05) is 0 Å². The van der Waals surface area contributed by atoms with Crippen LogP contribution in [0.1, 0.15) is 22.3 Å². The summed E-state index contributed by atoms with van der Waals surface area (Å²) in [6.45, 7) is 5.06. The molecule has 0 radical (unpaired) electrons. The van der Waals surface area contributed by atoms with E-state index in [0.717, 1.165) is 0 Å². The largest absolute Gasteiger partial charge is 0.359 e. The molecule has 0 aliphatic rings. The summed E-state index contributed by atoms with van der Waals surface area (Å²) in [4.78, 5) is 0. The minimum atomic E-state index is 0.311. The lowest BCUT2D eigenvalue weighted by Crippen LogP contribution is -1.98. The number of hydrogen-bond acceptors (Lipinski definition) is 2. The van der Waals surface area contributed by atoms with Crippen molar-refractivity contribution in [3.8, 4) is 0 Å². The summed E-state index contributed by atoms with van der Waals surface area (Å²) in [5, 5.41) is 0. The lowest BCUT2D eigenvalue weighted by Gasteiger charge is -2.11. The molecule has 2 aromatic carbocycles. The molecule has 2 heteroatoms. The number of benzene rings is 2. The molecular weight excluding hydrogens is 260 g/mol. The van der Waals surface area contributed by atoms with Crippen LogP contribution in [-0.4, -0.2) is 20.5 Å². The van der Waals surface area contributed by atoms with E-state index in [-0.39, 0.29) is 0 Å². The summed E-state index contributed by atoms with van der Waals surface area (Å²) in [6, 6.07) is 17.1. The first-order valence-corrected chi connectivity index (χ1v) is 7.11. The Morgan fingerprint density at radius 2 is 1.52 bits per heavy atom. The normalized spacial score (nSPS) is 10.4. The molecular formula is C19H22O2. The molecule has 2 aromatic rings. The third kappa shape index (κ3) is 4.55. The fourth-order valence-corrected chi connectivity index (χ4v) is 2.30. The first-order chi connectivity index (χ1) is 10.2. The Morgan fingerprint density at radius 3 is 2.00 bits per heavy atom. The molecule has 0 heterocycles. The summed E-state index contributed by atoms with van der Waals surface area (Å²) in [5.74, 6) is 0. The Hall–Kier alpha value is -1.90. The molecule has 21 heavy (non-hydrogen) atoms. The van der Waals surface area contributed by atoms with Crippen molar-refractivity contribution in [1.29, 1.82) is 0 Å². The summed E-state index contributed by atoms with van der Waals surface area (Å²) in [6.07, 6.45) is 2.11. The maximum Gasteiger partial charge on any atom is 0.146 e. The van der Waals surface area contributed by atoms with Gasteiger partial charge in [0.2, 0.25) is 0 Å². The first kappa shape index (κ1) is 15.5. The fourth-order valence-electron chi connectivity index (χ4n) is 2.30. The number of ether oxygens (including phenoxy) is 2. The van der Waals surface area contributed by atoms with Gasteiger partial charge in [0.15, 0.2) is 0 Å². The van der Waals surface area contributed by atoms with Crippen molar-refractivity contribution in [2.75, 3.05) is 20.5 Å². The Bertz CT molecular complexity index is 567. The van der Waals surface area contributed by atoms with E-state index >= 15 is 0 Å². The van der Waals surface area contributed by atoms with Crippen LogP contribution in [0, 0.1) is 13.8 Å². The second-order valence-corrected chi connectivity index (χ2v) is 5.13. The molecule has 0 fully saturated rings. The third-order valence-electron chi connectivity index (χ3n) is 3.26. The maximum absolute atomic E-state index is 5.42. The van der Waals surface area contributed by atoms with Gasteiger partial charge in [-0.3, -0.25) is 0 Å². The highest BCUT2D eigenvalue weighted by molar-refractivity contribution is 5.80. The molecule has 0 saturated heterocycles. The quantitative estimate of drug-likeness (QED) is 0.579. The molecule has 0 amide bonds. The van der Waals surface area contributed by atoms with Crippen molar-refractivity contribution in [3.05, 3.63) is 76.9 Å². The standard InChI is InChI=1S/C19H22O2/c1-15-6-4-8-17(12-15)19(10-11-21-14-20-3)18-9-5-7-16(2)13-18/h4-10,12-13H,11,14H2,1-3H3. The number of methoxy groups -OCH3 is 1. The predicted octanol–water partition coefficient (Wildman–Crippen LogP) is 4.36. The Kier molecular flexibility index (Phi) is 5.73. The minimum Gasteiger partial charge on any atom is -0.359 e. The van der Waals surface area contributed by atoms with Crippen LogP contribution in [0.25, 0.3) is 5.57 Å². The number of rotatable bonds is 6. The molecule has 0 unspecified atom stereocenters. The van der Waals surface area contributed by atoms with Crippen molar-refractivity contribution in [2.45, 2.75) is 13.8 Å². The van der Waals surface area contributed by atoms with E-state index in [4.69, 9.17) is 9.47 Å². The van der Waals surface area contributed by atoms with Gasteiger partial charge in [-0.1, -0.05) is 65.7 Å². The molecule has 0 aliphatic carbocycles. The van der Waals surface area contributed by atoms with Gasteiger partial charge in [0.25, 0.3) is 0 Å². The lowest BCUT2D eigenvalue weighted by molar-refractivity contribution is -0.0185. The topological polar surface area (TPSA) is 18.5 Å². The molecule has 110 valence electrons. The molecule has 2 rings (SSSR count). The molecule has 0 spiro atoms. The predicted molar refractivity (Wildman–Crippen MR) is 87.3 cm³/mol. The third-order valence-corrected chi connectivity index (χ3v) is 3.26. The van der Waals surface area contributed by atoms with E-state index in [1.165, 1.54) is 27.8 Å². The highest BCUT2D eigenvalue weighted by Crippen LogP contribution is 2.24. The number of hydrogen-bond donors (Lipinski definition) is 0. The van der Waals surface area contributed by atoms with Crippen LogP contribution < -0.4 is 0 Å². The van der Waals surface area contributed by atoms with Crippen LogP contribution in [-0.2, 0) is 9.47 Å². The Balaban J connectivity index is 2.34. The second kappa shape index (κ2) is 7.77. The van der Waals surface area contributed by atoms with Crippen LogP contribution in [0.2, 0.25) is 0 Å². The zero-order valence-corrected chi connectivity index (χ0v) is 12.9. The average molecular weight is 282 g/mol. The fraction of sp³-hybridized carbons (Fsp3) is 0.263. The molecule has 2 nitrogen and oxygen atoms in total. The van der Waals surface area contributed by atoms with E-state index in [1.54, 1.807) is 7.11 Å². The van der Waals surface area contributed by atoms with Gasteiger partial charge in [-0.2, -0.15) is 0 Å². The van der Waals surface area contributed by atoms with Crippen molar-refractivity contribution in [3.63, 3.8) is 0 Å². The Morgan fingerprint density at radius 1 is 0.952 bits per heavy atom. The summed E-state index contributed by atoms with van der Waals surface area (Å²) in [7, 11) is 1.63. The zero-order valence-electron chi connectivity index (χ0n) is 12.9. The van der Waals surface area contributed by atoms with Crippen LogP contribution in [0.4, 0.5) is 0 Å². The molecule has 0 saturated carbocycles. The average Bonchev–Trinajstić information content (AvgIpc) is 2.47. The molecule has 0 N–H and O–H groups in total. The van der Waals surface area contributed by atoms with Gasteiger partial charge in [-0.05, 0) is 30.5 Å². The minimum absolute atomic E-state index is 0.311. The van der Waals surface area contributed by atoms with Gasteiger partial charge < -0.3 is 9.47 Å². The van der Waals surface area contributed by atoms with E-state index < -0.39 is 0 Å². The molecule has 0 atom stereocenters. The highest BCUT2D eigenvalue weighted by atomic mass is 16.7. The maximum atomic E-state index is 5.42. The van der Waals surface area contributed by atoms with Gasteiger partial charge in [0.05, 0.1) is 6.61 Å². The molecule has 0 bridgehead atoms. The summed E-state index contributed by atoms with van der Waals surface area (Å²) >= 11 is 0. The zero-order chi connectivity index (χ0) is 15.1. The van der Waals surface area contributed by atoms with Gasteiger partial charge in [0.1, 0.15) is 6.79 Å². The van der Waals surface area contributed by atoms with Gasteiger partial charge in [-0.25, -0.2) is 0 Å². The molecule has 0 aliphatic heterocycles.